The van der Waals surface area contributed by atoms with E-state index in [9.17, 15) is 4.79 Å². The van der Waals surface area contributed by atoms with Gasteiger partial charge < -0.3 is 15.0 Å². The van der Waals surface area contributed by atoms with Crippen molar-refractivity contribution in [2.75, 3.05) is 13.2 Å². The summed E-state index contributed by atoms with van der Waals surface area (Å²) in [5, 5.41) is 11.7. The van der Waals surface area contributed by atoms with E-state index < -0.39 is 6.09 Å². The topological polar surface area (TPSA) is 90.8 Å². The predicted octanol–water partition coefficient (Wildman–Crippen LogP) is 4.68. The van der Waals surface area contributed by atoms with Gasteiger partial charge in [-0.3, -0.25) is 0 Å². The smallest absolute Gasteiger partial charge is 0.407 e. The molecule has 0 spiro atoms. The lowest BCUT2D eigenvalue weighted by molar-refractivity contribution is 0.144. The van der Waals surface area contributed by atoms with E-state index in [-0.39, 0.29) is 0 Å². The summed E-state index contributed by atoms with van der Waals surface area (Å²) in [6.07, 6.45) is 3.86. The number of aromatic nitrogens is 2. The number of aromatic amines is 1. The lowest BCUT2D eigenvalue weighted by Crippen LogP contribution is -2.27. The molecule has 1 aromatic heterocycles. The van der Waals surface area contributed by atoms with E-state index in [2.05, 4.69) is 28.3 Å². The van der Waals surface area contributed by atoms with Crippen molar-refractivity contribution in [1.82, 2.24) is 15.3 Å². The molecule has 0 atom stereocenters. The van der Waals surface area contributed by atoms with Crippen molar-refractivity contribution in [3.8, 4) is 28.5 Å². The maximum Gasteiger partial charge on any atom is 0.407 e. The predicted molar refractivity (Wildman–Crippen MR) is 112 cm³/mol. The van der Waals surface area contributed by atoms with Crippen LogP contribution in [0, 0.1) is 11.3 Å². The molecule has 0 aliphatic rings. The monoisotopic (exact) mass is 388 g/mol. The highest BCUT2D eigenvalue weighted by Gasteiger charge is 2.10. The molecular weight excluding hydrogens is 364 g/mol. The van der Waals surface area contributed by atoms with Crippen LogP contribution in [0.1, 0.15) is 31.2 Å². The van der Waals surface area contributed by atoms with Gasteiger partial charge in [0.2, 0.25) is 0 Å². The Balaban J connectivity index is 1.66. The highest BCUT2D eigenvalue weighted by molar-refractivity contribution is 5.81. The molecule has 2 N–H and O–H groups in total. The molecule has 0 saturated carbocycles. The van der Waals surface area contributed by atoms with Gasteiger partial charge in [0, 0.05) is 18.5 Å². The number of hydrogen-bond donors (Lipinski definition) is 2. The van der Waals surface area contributed by atoms with Crippen LogP contribution in [0.5, 0.6) is 0 Å². The zero-order valence-electron chi connectivity index (χ0n) is 16.4. The van der Waals surface area contributed by atoms with Crippen LogP contribution >= 0.6 is 0 Å². The van der Waals surface area contributed by atoms with Crippen molar-refractivity contribution < 1.29 is 9.53 Å². The van der Waals surface area contributed by atoms with Crippen LogP contribution in [-0.2, 0) is 11.2 Å². The summed E-state index contributed by atoms with van der Waals surface area (Å²) >= 11 is 0. The molecule has 2 aromatic carbocycles. The van der Waals surface area contributed by atoms with Gasteiger partial charge in [-0.25, -0.2) is 9.78 Å². The van der Waals surface area contributed by atoms with Gasteiger partial charge >= 0.3 is 6.09 Å². The van der Waals surface area contributed by atoms with Crippen LogP contribution in [0.25, 0.3) is 22.4 Å². The number of nitrogens with zero attached hydrogens (tertiary/aromatic N) is 2. The number of nitriles is 1. The Labute approximate surface area is 170 Å². The van der Waals surface area contributed by atoms with Gasteiger partial charge in [0.25, 0.3) is 0 Å². The summed E-state index contributed by atoms with van der Waals surface area (Å²) in [5.74, 6) is 0.795. The van der Waals surface area contributed by atoms with Gasteiger partial charge in [0.15, 0.2) is 0 Å². The van der Waals surface area contributed by atoms with Crippen molar-refractivity contribution in [2.24, 2.45) is 0 Å². The fraction of sp³-hybridized carbons (Fsp3) is 0.261. The Hall–Kier alpha value is -3.59. The zero-order valence-corrected chi connectivity index (χ0v) is 16.4. The van der Waals surface area contributed by atoms with Crippen LogP contribution in [0.3, 0.4) is 0 Å². The number of amides is 1. The molecule has 0 aliphatic heterocycles. The van der Waals surface area contributed by atoms with Crippen LogP contribution in [0.4, 0.5) is 4.79 Å². The molecule has 0 unspecified atom stereocenters. The maximum atomic E-state index is 11.6. The summed E-state index contributed by atoms with van der Waals surface area (Å²) in [4.78, 5) is 19.4. The Bertz CT molecular complexity index is 987. The number of benzene rings is 2. The highest BCUT2D eigenvalue weighted by atomic mass is 16.5. The molecule has 0 saturated heterocycles. The first kappa shape index (κ1) is 20.2. The minimum atomic E-state index is -0.392. The number of nitrogens with one attached hydrogen (secondary N) is 2. The largest absolute Gasteiger partial charge is 0.450 e. The minimum absolute atomic E-state index is 0.392. The molecule has 1 amide bonds. The minimum Gasteiger partial charge on any atom is -0.450 e. The summed E-state index contributed by atoms with van der Waals surface area (Å²) in [6.45, 7) is 2.95. The summed E-state index contributed by atoms with van der Waals surface area (Å²) in [7, 11) is 0. The molecule has 0 bridgehead atoms. The van der Waals surface area contributed by atoms with Crippen LogP contribution in [0.15, 0.2) is 54.7 Å². The second-order valence-electron chi connectivity index (χ2n) is 6.64. The van der Waals surface area contributed by atoms with Crippen molar-refractivity contribution in [2.45, 2.75) is 26.2 Å². The van der Waals surface area contributed by atoms with E-state index in [0.29, 0.717) is 25.1 Å². The van der Waals surface area contributed by atoms with E-state index >= 15 is 0 Å². The molecular formula is C23H24N4O2. The third-order valence-corrected chi connectivity index (χ3v) is 4.53. The number of carbonyl (C=O) groups is 1. The van der Waals surface area contributed by atoms with Gasteiger partial charge in [-0.1, -0.05) is 49.7 Å². The van der Waals surface area contributed by atoms with Crippen molar-refractivity contribution in [3.05, 3.63) is 66.1 Å². The van der Waals surface area contributed by atoms with Crippen LogP contribution in [-0.4, -0.2) is 29.2 Å². The fourth-order valence-corrected chi connectivity index (χ4v) is 2.96. The highest BCUT2D eigenvalue weighted by Crippen LogP contribution is 2.31. The fourth-order valence-electron chi connectivity index (χ4n) is 2.96. The molecule has 0 fully saturated rings. The quantitative estimate of drug-likeness (QED) is 0.548. The van der Waals surface area contributed by atoms with Gasteiger partial charge in [0.05, 0.1) is 30.1 Å². The molecule has 6 heteroatoms. The van der Waals surface area contributed by atoms with Gasteiger partial charge in [-0.2, -0.15) is 5.26 Å². The van der Waals surface area contributed by atoms with Crippen LogP contribution in [0.2, 0.25) is 0 Å². The molecule has 148 valence electrons. The number of hydrogen-bond acceptors (Lipinski definition) is 4. The van der Waals surface area contributed by atoms with E-state index in [1.807, 2.05) is 48.5 Å². The van der Waals surface area contributed by atoms with Gasteiger partial charge in [-0.15, -0.1) is 0 Å². The molecule has 0 aliphatic carbocycles. The standard InChI is InChI=1S/C23H24N4O2/c1-2-3-14-29-23(28)25-13-12-22-26-16-21(27-22)20-7-5-4-6-19(20)18-10-8-17(15-24)9-11-18/h4-11,16H,2-3,12-14H2,1H3,(H,25,28)(H,26,27). The van der Waals surface area contributed by atoms with E-state index in [1.165, 1.54) is 0 Å². The average Bonchev–Trinajstić information content (AvgIpc) is 3.23. The number of ether oxygens (including phenoxy) is 1. The number of rotatable bonds is 8. The molecule has 3 aromatic rings. The lowest BCUT2D eigenvalue weighted by atomic mass is 9.97. The Morgan fingerprint density at radius 3 is 2.66 bits per heavy atom. The van der Waals surface area contributed by atoms with E-state index in [0.717, 1.165) is 41.1 Å². The Kier molecular flexibility index (Phi) is 7.01. The van der Waals surface area contributed by atoms with E-state index in [4.69, 9.17) is 10.00 Å². The number of carbonyl (C=O) groups excluding carboxylic acids is 1. The number of alkyl carbamates (subject to hydrolysis) is 1. The maximum absolute atomic E-state index is 11.6. The third-order valence-electron chi connectivity index (χ3n) is 4.53. The SMILES string of the molecule is CCCCOC(=O)NCCc1ncc(-c2ccccc2-c2ccc(C#N)cc2)[nH]1. The van der Waals surface area contributed by atoms with Crippen molar-refractivity contribution in [1.29, 1.82) is 5.26 Å². The normalized spacial score (nSPS) is 10.3. The molecule has 1 heterocycles. The summed E-state index contributed by atoms with van der Waals surface area (Å²) in [6, 6.07) is 17.7. The summed E-state index contributed by atoms with van der Waals surface area (Å²) in [5.41, 5.74) is 4.67. The average molecular weight is 388 g/mol. The Morgan fingerprint density at radius 2 is 1.93 bits per heavy atom. The molecule has 0 radical (unpaired) electrons. The molecule has 29 heavy (non-hydrogen) atoms. The molecule has 3 rings (SSSR count). The first-order valence-corrected chi connectivity index (χ1v) is 9.75. The van der Waals surface area contributed by atoms with Crippen molar-refractivity contribution >= 4 is 6.09 Å². The molecule has 6 nitrogen and oxygen atoms in total. The zero-order chi connectivity index (χ0) is 20.5. The van der Waals surface area contributed by atoms with Gasteiger partial charge in [0.1, 0.15) is 5.82 Å². The second-order valence-corrected chi connectivity index (χ2v) is 6.64. The third kappa shape index (κ3) is 5.45. The first-order valence-electron chi connectivity index (χ1n) is 9.75. The first-order chi connectivity index (χ1) is 14.2. The number of imidazole rings is 1. The Morgan fingerprint density at radius 1 is 1.17 bits per heavy atom. The van der Waals surface area contributed by atoms with Crippen molar-refractivity contribution in [3.63, 3.8) is 0 Å². The summed E-state index contributed by atoms with van der Waals surface area (Å²) < 4.78 is 5.08. The number of H-pyrrole nitrogens is 1. The lowest BCUT2D eigenvalue weighted by Gasteiger charge is -2.08. The van der Waals surface area contributed by atoms with Gasteiger partial charge in [-0.05, 0) is 29.7 Å². The van der Waals surface area contributed by atoms with E-state index in [1.54, 1.807) is 6.20 Å². The van der Waals surface area contributed by atoms with Crippen LogP contribution < -0.4 is 5.32 Å². The number of unbranched alkanes of at least 4 members (excludes halogenated alkanes) is 1. The second kappa shape index (κ2) is 10.1.